The molecule has 1 aromatic rings. The number of carbonyl (C=O) groups is 2. The van der Waals surface area contributed by atoms with E-state index >= 15 is 0 Å². The largest absolute Gasteiger partial charge is 0.479 e. The van der Waals surface area contributed by atoms with Crippen molar-refractivity contribution in [2.75, 3.05) is 45.8 Å². The maximum atomic E-state index is 12.7. The number of halogens is 1. The molecule has 0 N–H and O–H groups in total. The third-order valence-corrected chi connectivity index (χ3v) is 5.55. The Bertz CT molecular complexity index is 656. The van der Waals surface area contributed by atoms with Crippen molar-refractivity contribution in [1.29, 1.82) is 0 Å². The van der Waals surface area contributed by atoms with Gasteiger partial charge in [-0.05, 0) is 38.3 Å². The Labute approximate surface area is 166 Å². The first-order valence-electron chi connectivity index (χ1n) is 9.74. The van der Waals surface area contributed by atoms with Gasteiger partial charge in [0.05, 0.1) is 11.6 Å². The number of carbonyl (C=O) groups excluding carboxylic acids is 2. The highest BCUT2D eigenvalue weighted by Gasteiger charge is 2.28. The molecule has 6 nitrogen and oxygen atoms in total. The second-order valence-electron chi connectivity index (χ2n) is 7.23. The Morgan fingerprint density at radius 1 is 1.00 bits per heavy atom. The van der Waals surface area contributed by atoms with Gasteiger partial charge in [-0.1, -0.05) is 23.7 Å². The number of hydrogen-bond donors (Lipinski definition) is 0. The lowest BCUT2D eigenvalue weighted by atomic mass is 10.1. The van der Waals surface area contributed by atoms with Gasteiger partial charge in [-0.3, -0.25) is 14.5 Å². The summed E-state index contributed by atoms with van der Waals surface area (Å²) >= 11 is 6.10. The molecule has 7 heteroatoms. The summed E-state index contributed by atoms with van der Waals surface area (Å²) in [7, 11) is 0. The van der Waals surface area contributed by atoms with Crippen LogP contribution in [0.15, 0.2) is 24.3 Å². The Balaban J connectivity index is 1.44. The fraction of sp³-hybridized carbons (Fsp3) is 0.600. The molecule has 1 atom stereocenters. The molecule has 1 aromatic carbocycles. The highest BCUT2D eigenvalue weighted by atomic mass is 35.5. The number of likely N-dealkylation sites (tertiary alicyclic amines) is 1. The molecule has 0 saturated carbocycles. The van der Waals surface area contributed by atoms with Crippen LogP contribution in [0.4, 0.5) is 0 Å². The van der Waals surface area contributed by atoms with E-state index in [1.807, 2.05) is 21.9 Å². The maximum absolute atomic E-state index is 12.7. The van der Waals surface area contributed by atoms with Crippen molar-refractivity contribution in [3.8, 4) is 5.75 Å². The highest BCUT2D eigenvalue weighted by molar-refractivity contribution is 6.32. The molecule has 148 valence electrons. The van der Waals surface area contributed by atoms with Gasteiger partial charge in [0.1, 0.15) is 5.75 Å². The smallest absolute Gasteiger partial charge is 0.263 e. The third kappa shape index (κ3) is 5.36. The number of hydrogen-bond acceptors (Lipinski definition) is 4. The van der Waals surface area contributed by atoms with Crippen LogP contribution in [0, 0.1) is 0 Å². The summed E-state index contributed by atoms with van der Waals surface area (Å²) in [6.07, 6.45) is 2.85. The van der Waals surface area contributed by atoms with E-state index < -0.39 is 6.10 Å². The first kappa shape index (κ1) is 20.0. The van der Waals surface area contributed by atoms with E-state index in [4.69, 9.17) is 16.3 Å². The summed E-state index contributed by atoms with van der Waals surface area (Å²) in [6.45, 7) is 6.62. The van der Waals surface area contributed by atoms with Gasteiger partial charge >= 0.3 is 0 Å². The molecule has 0 spiro atoms. The van der Waals surface area contributed by atoms with E-state index in [2.05, 4.69) is 4.90 Å². The van der Waals surface area contributed by atoms with Crippen molar-refractivity contribution >= 4 is 23.4 Å². The zero-order valence-corrected chi connectivity index (χ0v) is 16.7. The molecule has 0 radical (unpaired) electrons. The molecule has 27 heavy (non-hydrogen) atoms. The average Bonchev–Trinajstić information content (AvgIpc) is 2.70. The van der Waals surface area contributed by atoms with Gasteiger partial charge in [0.25, 0.3) is 5.91 Å². The molecule has 0 bridgehead atoms. The summed E-state index contributed by atoms with van der Waals surface area (Å²) in [5.41, 5.74) is 0. The van der Waals surface area contributed by atoms with Crippen LogP contribution in [0.5, 0.6) is 5.75 Å². The van der Waals surface area contributed by atoms with Crippen LogP contribution in [-0.4, -0.2) is 78.4 Å². The molecular weight excluding hydrogens is 366 g/mol. The van der Waals surface area contributed by atoms with Gasteiger partial charge in [0.15, 0.2) is 6.10 Å². The number of benzene rings is 1. The third-order valence-electron chi connectivity index (χ3n) is 5.24. The molecule has 2 amide bonds. The summed E-state index contributed by atoms with van der Waals surface area (Å²) in [5, 5.41) is 0.498. The minimum absolute atomic E-state index is 0.0445. The van der Waals surface area contributed by atoms with E-state index in [1.165, 1.54) is 6.42 Å². The summed E-state index contributed by atoms with van der Waals surface area (Å²) in [6, 6.07) is 7.16. The monoisotopic (exact) mass is 393 g/mol. The van der Waals surface area contributed by atoms with Gasteiger partial charge in [-0.15, -0.1) is 0 Å². The average molecular weight is 394 g/mol. The van der Waals surface area contributed by atoms with E-state index in [9.17, 15) is 9.59 Å². The van der Waals surface area contributed by atoms with Crippen molar-refractivity contribution in [3.05, 3.63) is 29.3 Å². The van der Waals surface area contributed by atoms with Gasteiger partial charge in [0.2, 0.25) is 5.91 Å². The number of nitrogens with zero attached hydrogens (tertiary/aromatic N) is 3. The predicted molar refractivity (Wildman–Crippen MR) is 105 cm³/mol. The minimum atomic E-state index is -0.591. The first-order valence-corrected chi connectivity index (χ1v) is 10.1. The predicted octanol–water partition coefficient (Wildman–Crippen LogP) is 2.26. The minimum Gasteiger partial charge on any atom is -0.479 e. The maximum Gasteiger partial charge on any atom is 0.263 e. The van der Waals surface area contributed by atoms with Crippen LogP contribution in [0.25, 0.3) is 0 Å². The molecule has 3 rings (SSSR count). The fourth-order valence-corrected chi connectivity index (χ4v) is 3.78. The van der Waals surface area contributed by atoms with Gasteiger partial charge in [-0.25, -0.2) is 0 Å². The second-order valence-corrected chi connectivity index (χ2v) is 7.64. The molecule has 2 aliphatic rings. The van der Waals surface area contributed by atoms with Crippen molar-refractivity contribution < 1.29 is 14.3 Å². The number of amides is 2. The number of para-hydroxylation sites is 1. The summed E-state index contributed by atoms with van der Waals surface area (Å²) in [5.74, 6) is 0.688. The Morgan fingerprint density at radius 2 is 1.67 bits per heavy atom. The topological polar surface area (TPSA) is 53.1 Å². The van der Waals surface area contributed by atoms with Gasteiger partial charge in [0, 0.05) is 39.3 Å². The zero-order valence-electron chi connectivity index (χ0n) is 15.9. The van der Waals surface area contributed by atoms with Crippen molar-refractivity contribution in [1.82, 2.24) is 14.7 Å². The molecule has 2 fully saturated rings. The summed E-state index contributed by atoms with van der Waals surface area (Å²) < 4.78 is 5.73. The quantitative estimate of drug-likeness (QED) is 0.770. The normalized spacial score (nSPS) is 19.6. The molecule has 0 aliphatic carbocycles. The highest BCUT2D eigenvalue weighted by Crippen LogP contribution is 2.24. The first-order chi connectivity index (χ1) is 13.0. The lowest BCUT2D eigenvalue weighted by Gasteiger charge is -2.36. The second kappa shape index (κ2) is 9.42. The molecule has 0 aromatic heterocycles. The molecule has 1 unspecified atom stereocenters. The van der Waals surface area contributed by atoms with E-state index in [1.54, 1.807) is 19.1 Å². The van der Waals surface area contributed by atoms with Crippen LogP contribution < -0.4 is 4.74 Å². The number of ether oxygens (including phenoxy) is 1. The lowest BCUT2D eigenvalue weighted by molar-refractivity contribution is -0.140. The zero-order chi connectivity index (χ0) is 19.2. The van der Waals surface area contributed by atoms with E-state index in [-0.39, 0.29) is 11.8 Å². The molecular formula is C20H28ClN3O3. The lowest BCUT2D eigenvalue weighted by Crippen LogP contribution is -2.54. The number of piperazine rings is 1. The van der Waals surface area contributed by atoms with E-state index in [0.29, 0.717) is 43.5 Å². The Hall–Kier alpha value is -1.79. The SMILES string of the molecule is CC(Oc1ccccc1Cl)C(=O)N1CCN(CC(=O)N2CCCCC2)CC1. The molecule has 2 aliphatic heterocycles. The Morgan fingerprint density at radius 3 is 2.33 bits per heavy atom. The molecule has 2 heterocycles. The fourth-order valence-electron chi connectivity index (χ4n) is 3.60. The van der Waals surface area contributed by atoms with Crippen LogP contribution in [0.1, 0.15) is 26.2 Å². The van der Waals surface area contributed by atoms with Crippen molar-refractivity contribution in [2.45, 2.75) is 32.3 Å². The van der Waals surface area contributed by atoms with Crippen LogP contribution in [0.3, 0.4) is 0 Å². The van der Waals surface area contributed by atoms with E-state index in [0.717, 1.165) is 25.9 Å². The van der Waals surface area contributed by atoms with Crippen molar-refractivity contribution in [3.63, 3.8) is 0 Å². The van der Waals surface area contributed by atoms with Gasteiger partial charge < -0.3 is 14.5 Å². The summed E-state index contributed by atoms with van der Waals surface area (Å²) in [4.78, 5) is 31.0. The van der Waals surface area contributed by atoms with Crippen LogP contribution in [-0.2, 0) is 9.59 Å². The van der Waals surface area contributed by atoms with Crippen LogP contribution in [0.2, 0.25) is 5.02 Å². The standard InChI is InChI=1S/C20H28ClN3O3/c1-16(27-18-8-4-3-7-17(18)21)20(26)24-13-11-22(12-14-24)15-19(25)23-9-5-2-6-10-23/h3-4,7-8,16H,2,5-6,9-15H2,1H3. The van der Waals surface area contributed by atoms with Crippen molar-refractivity contribution in [2.24, 2.45) is 0 Å². The molecule has 2 saturated heterocycles. The Kier molecular flexibility index (Phi) is 6.96. The number of piperidine rings is 1. The van der Waals surface area contributed by atoms with Crippen LogP contribution >= 0.6 is 11.6 Å². The number of rotatable bonds is 5. The van der Waals surface area contributed by atoms with Gasteiger partial charge in [-0.2, -0.15) is 0 Å².